The van der Waals surface area contributed by atoms with Crippen LogP contribution in [0.15, 0.2) is 16.5 Å². The summed E-state index contributed by atoms with van der Waals surface area (Å²) in [6.07, 6.45) is 1.80. The van der Waals surface area contributed by atoms with Crippen molar-refractivity contribution in [1.82, 2.24) is 0 Å². The minimum Gasteiger partial charge on any atom is -0.464 e. The quantitative estimate of drug-likeness (QED) is 0.761. The van der Waals surface area contributed by atoms with Crippen LogP contribution in [0.5, 0.6) is 0 Å². The lowest BCUT2D eigenvalue weighted by Crippen LogP contribution is -2.39. The fourth-order valence-corrected chi connectivity index (χ4v) is 2.46. The number of hydrogen-bond acceptors (Lipinski definition) is 3. The number of nitrogens with zero attached hydrogens (tertiary/aromatic N) is 1. The van der Waals surface area contributed by atoms with Gasteiger partial charge in [0.15, 0.2) is 0 Å². The maximum Gasteiger partial charge on any atom is 0.137 e. The summed E-state index contributed by atoms with van der Waals surface area (Å²) in [7, 11) is 0. The minimum atomic E-state index is -0.659. The van der Waals surface area contributed by atoms with Crippen molar-refractivity contribution >= 4 is 5.78 Å². The van der Waals surface area contributed by atoms with E-state index in [2.05, 4.69) is 13.0 Å². The number of Topliss-reactive ketones (excluding diaryl/α,β-unsaturated/α-hetero) is 1. The van der Waals surface area contributed by atoms with E-state index >= 15 is 0 Å². The summed E-state index contributed by atoms with van der Waals surface area (Å²) in [6, 6.07) is 6.07. The molecule has 2 saturated carbocycles. The van der Waals surface area contributed by atoms with Crippen molar-refractivity contribution in [2.24, 2.45) is 5.92 Å². The Hall–Kier alpha value is -1.56. The third kappa shape index (κ3) is 1.23. The average Bonchev–Trinajstić information content (AvgIpc) is 2.78. The van der Waals surface area contributed by atoms with Gasteiger partial charge in [0.1, 0.15) is 22.7 Å². The number of ketones is 1. The Morgan fingerprint density at radius 2 is 2.19 bits per heavy atom. The third-order valence-electron chi connectivity index (χ3n) is 3.79. The predicted octanol–water partition coefficient (Wildman–Crippen LogP) is 2.53. The smallest absolute Gasteiger partial charge is 0.137 e. The largest absolute Gasteiger partial charge is 0.464 e. The zero-order chi connectivity index (χ0) is 11.3. The maximum atomic E-state index is 11.1. The van der Waals surface area contributed by atoms with E-state index in [1.54, 1.807) is 0 Å². The van der Waals surface area contributed by atoms with Crippen molar-refractivity contribution in [3.63, 3.8) is 0 Å². The second-order valence-electron chi connectivity index (χ2n) is 5.11. The second-order valence-corrected chi connectivity index (χ2v) is 5.11. The predicted molar refractivity (Wildman–Crippen MR) is 56.8 cm³/mol. The van der Waals surface area contributed by atoms with Gasteiger partial charge in [0.2, 0.25) is 0 Å². The lowest BCUT2D eigenvalue weighted by atomic mass is 9.67. The van der Waals surface area contributed by atoms with Crippen LogP contribution in [0.25, 0.3) is 0 Å². The molecule has 2 unspecified atom stereocenters. The molecule has 0 bridgehead atoms. The highest BCUT2D eigenvalue weighted by Crippen LogP contribution is 2.49. The van der Waals surface area contributed by atoms with Crippen molar-refractivity contribution in [3.05, 3.63) is 23.7 Å². The van der Waals surface area contributed by atoms with Gasteiger partial charge in [-0.15, -0.1) is 0 Å². The maximum absolute atomic E-state index is 11.1. The number of carbonyl (C=O) groups is 1. The summed E-state index contributed by atoms with van der Waals surface area (Å²) < 4.78 is 5.75. The first-order valence-electron chi connectivity index (χ1n) is 5.68. The fourth-order valence-electron chi connectivity index (χ4n) is 2.46. The molecule has 3 rings (SSSR count). The van der Waals surface area contributed by atoms with Crippen LogP contribution in [0, 0.1) is 17.2 Å². The number of hydrogen-bond donors (Lipinski definition) is 0. The average molecular weight is 215 g/mol. The molecule has 2 aliphatic rings. The molecule has 1 aromatic heterocycles. The van der Waals surface area contributed by atoms with Crippen molar-refractivity contribution in [2.75, 3.05) is 0 Å². The Morgan fingerprint density at radius 1 is 1.50 bits per heavy atom. The number of rotatable bonds is 2. The van der Waals surface area contributed by atoms with Crippen LogP contribution < -0.4 is 0 Å². The molecule has 0 spiro atoms. The summed E-state index contributed by atoms with van der Waals surface area (Å²) >= 11 is 0. The molecule has 0 radical (unpaired) electrons. The molecule has 2 fully saturated rings. The molecule has 2 aliphatic carbocycles. The fraction of sp³-hybridized carbons (Fsp3) is 0.538. The standard InChI is InChI=1S/C13H13NO2/c1-8-4-10(8)11-2-3-12(16-11)13(7-14)5-9(15)6-13/h2-3,8,10H,4-6H2,1H3. The van der Waals surface area contributed by atoms with Crippen molar-refractivity contribution < 1.29 is 9.21 Å². The molecule has 1 aromatic rings. The Kier molecular flexibility index (Phi) is 1.79. The third-order valence-corrected chi connectivity index (χ3v) is 3.79. The van der Waals surface area contributed by atoms with E-state index < -0.39 is 5.41 Å². The molecule has 2 atom stereocenters. The molecule has 1 heterocycles. The highest BCUT2D eigenvalue weighted by molar-refractivity contribution is 5.89. The zero-order valence-corrected chi connectivity index (χ0v) is 9.19. The minimum absolute atomic E-state index is 0.152. The van der Waals surface area contributed by atoms with Crippen LogP contribution in [0.3, 0.4) is 0 Å². The van der Waals surface area contributed by atoms with Crippen LogP contribution in [0.4, 0.5) is 0 Å². The van der Waals surface area contributed by atoms with Gasteiger partial charge in [-0.05, 0) is 24.5 Å². The second kappa shape index (κ2) is 2.98. The summed E-state index contributed by atoms with van der Waals surface area (Å²) in [5.74, 6) is 3.04. The Labute approximate surface area is 94.1 Å². The molecule has 0 aliphatic heterocycles. The number of carbonyl (C=O) groups excluding carboxylic acids is 1. The van der Waals surface area contributed by atoms with E-state index in [1.165, 1.54) is 6.42 Å². The lowest BCUT2D eigenvalue weighted by molar-refractivity contribution is -0.127. The monoisotopic (exact) mass is 215 g/mol. The summed E-state index contributed by atoms with van der Waals surface area (Å²) in [4.78, 5) is 11.1. The SMILES string of the molecule is CC1CC1c1ccc(C2(C#N)CC(=O)C2)o1. The number of furan rings is 1. The van der Waals surface area contributed by atoms with Crippen LogP contribution in [-0.4, -0.2) is 5.78 Å². The molecule has 82 valence electrons. The van der Waals surface area contributed by atoms with E-state index in [4.69, 9.17) is 9.68 Å². The van der Waals surface area contributed by atoms with E-state index in [0.29, 0.717) is 30.4 Å². The molecular weight excluding hydrogens is 202 g/mol. The molecule has 16 heavy (non-hydrogen) atoms. The molecule has 0 aromatic carbocycles. The van der Waals surface area contributed by atoms with Crippen molar-refractivity contribution in [3.8, 4) is 6.07 Å². The van der Waals surface area contributed by atoms with Gasteiger partial charge in [-0.1, -0.05) is 6.92 Å². The van der Waals surface area contributed by atoms with Gasteiger partial charge in [0.25, 0.3) is 0 Å². The molecule has 3 nitrogen and oxygen atoms in total. The summed E-state index contributed by atoms with van der Waals surface area (Å²) in [5.41, 5.74) is -0.659. The Bertz CT molecular complexity index is 486. The van der Waals surface area contributed by atoms with E-state index in [1.807, 2.05) is 12.1 Å². The zero-order valence-electron chi connectivity index (χ0n) is 9.19. The van der Waals surface area contributed by atoms with Crippen molar-refractivity contribution in [2.45, 2.75) is 37.5 Å². The molecule has 0 amide bonds. The van der Waals surface area contributed by atoms with Gasteiger partial charge in [-0.2, -0.15) is 5.26 Å². The Morgan fingerprint density at radius 3 is 2.69 bits per heavy atom. The van der Waals surface area contributed by atoms with Gasteiger partial charge in [0.05, 0.1) is 6.07 Å². The van der Waals surface area contributed by atoms with Gasteiger partial charge in [-0.3, -0.25) is 4.79 Å². The Balaban J connectivity index is 1.87. The van der Waals surface area contributed by atoms with Crippen LogP contribution in [0.1, 0.15) is 43.6 Å². The van der Waals surface area contributed by atoms with Crippen LogP contribution in [0.2, 0.25) is 0 Å². The molecule has 3 heteroatoms. The van der Waals surface area contributed by atoms with Crippen molar-refractivity contribution in [1.29, 1.82) is 5.26 Å². The van der Waals surface area contributed by atoms with E-state index in [9.17, 15) is 4.79 Å². The molecule has 0 saturated heterocycles. The summed E-state index contributed by atoms with van der Waals surface area (Å²) in [5, 5.41) is 9.16. The topological polar surface area (TPSA) is 54.0 Å². The van der Waals surface area contributed by atoms with E-state index in [-0.39, 0.29) is 5.78 Å². The number of nitriles is 1. The normalized spacial score (nSPS) is 30.6. The first kappa shape index (κ1) is 9.65. The first-order chi connectivity index (χ1) is 7.64. The molecular formula is C13H13NO2. The summed E-state index contributed by atoms with van der Waals surface area (Å²) in [6.45, 7) is 2.19. The van der Waals surface area contributed by atoms with Gasteiger partial charge in [0, 0.05) is 18.8 Å². The molecule has 0 N–H and O–H groups in total. The van der Waals surface area contributed by atoms with Gasteiger partial charge >= 0.3 is 0 Å². The highest BCUT2D eigenvalue weighted by atomic mass is 16.3. The first-order valence-corrected chi connectivity index (χ1v) is 5.68. The van der Waals surface area contributed by atoms with E-state index in [0.717, 1.165) is 5.76 Å². The highest BCUT2D eigenvalue weighted by Gasteiger charge is 2.48. The van der Waals surface area contributed by atoms with Crippen LogP contribution >= 0.6 is 0 Å². The van der Waals surface area contributed by atoms with Gasteiger partial charge in [-0.25, -0.2) is 0 Å². The van der Waals surface area contributed by atoms with Crippen LogP contribution in [-0.2, 0) is 10.2 Å². The lowest BCUT2D eigenvalue weighted by Gasteiger charge is -2.31. The van der Waals surface area contributed by atoms with Gasteiger partial charge < -0.3 is 4.42 Å².